The molecule has 0 unspecified atom stereocenters. The molecular weight excluding hydrogens is 382 g/mol. The molecule has 146 valence electrons. The zero-order chi connectivity index (χ0) is 20.4. The van der Waals surface area contributed by atoms with Crippen LogP contribution in [0, 0.1) is 0 Å². The molecule has 1 aliphatic rings. The van der Waals surface area contributed by atoms with Gasteiger partial charge in [0.05, 0.1) is 36.9 Å². The monoisotopic (exact) mass is 399 g/mol. The van der Waals surface area contributed by atoms with Gasteiger partial charge in [0.1, 0.15) is 12.4 Å². The molecule has 0 aromatic heterocycles. The summed E-state index contributed by atoms with van der Waals surface area (Å²) >= 11 is 0. The normalized spacial score (nSPS) is 14.7. The predicted octanol–water partition coefficient (Wildman–Crippen LogP) is 0.183. The molecule has 11 heteroatoms. The first-order valence-electron chi connectivity index (χ1n) is 7.43. The van der Waals surface area contributed by atoms with Gasteiger partial charge in [-0.05, 0) is 18.2 Å². The number of rotatable bonds is 5. The Balaban J connectivity index is 2.74. The molecular formula is C16H17NO9S. The summed E-state index contributed by atoms with van der Waals surface area (Å²) in [6.45, 7) is -0.470. The Bertz CT molecular complexity index is 933. The van der Waals surface area contributed by atoms with Gasteiger partial charge in [0, 0.05) is 11.9 Å². The molecule has 0 bridgehead atoms. The van der Waals surface area contributed by atoms with Crippen molar-refractivity contribution >= 4 is 33.4 Å². The standard InChI is InChI=1S/C16H17NO9S/c1-24-15(20)12-7-26-8-17(13(12)16(21)25-2)10-4-9(14(18)19)5-11(6-10)27(3,22)23/h4-6H,7-8H2,1-3H3,(H,18,19). The molecule has 0 spiro atoms. The van der Waals surface area contributed by atoms with Crippen molar-refractivity contribution in [2.24, 2.45) is 0 Å². The van der Waals surface area contributed by atoms with E-state index in [1.54, 1.807) is 0 Å². The highest BCUT2D eigenvalue weighted by atomic mass is 32.2. The van der Waals surface area contributed by atoms with Crippen LogP contribution in [-0.4, -0.2) is 65.2 Å². The van der Waals surface area contributed by atoms with Crippen molar-refractivity contribution in [3.63, 3.8) is 0 Å². The number of hydrogen-bond acceptors (Lipinski definition) is 9. The lowest BCUT2D eigenvalue weighted by molar-refractivity contribution is -0.140. The molecule has 27 heavy (non-hydrogen) atoms. The first-order chi connectivity index (χ1) is 12.6. The van der Waals surface area contributed by atoms with Crippen molar-refractivity contribution in [3.8, 4) is 0 Å². The largest absolute Gasteiger partial charge is 0.478 e. The summed E-state index contributed by atoms with van der Waals surface area (Å²) in [6, 6.07) is 3.33. The molecule has 0 atom stereocenters. The van der Waals surface area contributed by atoms with Crippen molar-refractivity contribution in [1.82, 2.24) is 0 Å². The Labute approximate surface area is 154 Å². The van der Waals surface area contributed by atoms with Gasteiger partial charge < -0.3 is 24.2 Å². The van der Waals surface area contributed by atoms with Crippen molar-refractivity contribution in [1.29, 1.82) is 0 Å². The van der Waals surface area contributed by atoms with E-state index in [9.17, 15) is 27.9 Å². The topological polar surface area (TPSA) is 137 Å². The average Bonchev–Trinajstić information content (AvgIpc) is 2.64. The van der Waals surface area contributed by atoms with Crippen LogP contribution in [-0.2, 0) is 33.6 Å². The van der Waals surface area contributed by atoms with Crippen molar-refractivity contribution in [2.45, 2.75) is 4.90 Å². The van der Waals surface area contributed by atoms with E-state index in [1.165, 1.54) is 6.07 Å². The second kappa shape index (κ2) is 7.76. The fourth-order valence-corrected chi connectivity index (χ4v) is 3.10. The molecule has 1 heterocycles. The fourth-order valence-electron chi connectivity index (χ4n) is 2.42. The van der Waals surface area contributed by atoms with Gasteiger partial charge in [0.15, 0.2) is 9.84 Å². The number of carbonyl (C=O) groups excluding carboxylic acids is 2. The molecule has 0 amide bonds. The lowest BCUT2D eigenvalue weighted by atomic mass is 10.1. The molecule has 0 saturated heterocycles. The number of carboxylic acid groups (broad SMARTS) is 1. The summed E-state index contributed by atoms with van der Waals surface area (Å²) in [5, 5.41) is 9.27. The smallest absolute Gasteiger partial charge is 0.355 e. The maximum Gasteiger partial charge on any atom is 0.355 e. The summed E-state index contributed by atoms with van der Waals surface area (Å²) in [5.74, 6) is -3.09. The van der Waals surface area contributed by atoms with Crippen LogP contribution < -0.4 is 4.90 Å². The van der Waals surface area contributed by atoms with E-state index in [0.29, 0.717) is 0 Å². The highest BCUT2D eigenvalue weighted by Gasteiger charge is 2.33. The van der Waals surface area contributed by atoms with Crippen LogP contribution >= 0.6 is 0 Å². The molecule has 1 aliphatic heterocycles. The number of anilines is 1. The molecule has 1 N–H and O–H groups in total. The van der Waals surface area contributed by atoms with Crippen LogP contribution in [0.1, 0.15) is 10.4 Å². The molecule has 1 aromatic rings. The minimum absolute atomic E-state index is 0.0248. The zero-order valence-electron chi connectivity index (χ0n) is 14.7. The SMILES string of the molecule is COC(=O)C1=C(C(=O)OC)N(c2cc(C(=O)O)cc(S(C)(=O)=O)c2)COC1. The highest BCUT2D eigenvalue weighted by Crippen LogP contribution is 2.29. The second-order valence-electron chi connectivity index (χ2n) is 5.51. The number of ether oxygens (including phenoxy) is 3. The number of hydrogen-bond donors (Lipinski definition) is 1. The Morgan fingerprint density at radius 3 is 2.26 bits per heavy atom. The van der Waals surface area contributed by atoms with Crippen molar-refractivity contribution in [3.05, 3.63) is 35.0 Å². The van der Waals surface area contributed by atoms with Crippen molar-refractivity contribution in [2.75, 3.05) is 38.7 Å². The van der Waals surface area contributed by atoms with Gasteiger partial charge in [-0.25, -0.2) is 22.8 Å². The van der Waals surface area contributed by atoms with E-state index < -0.39 is 27.7 Å². The Morgan fingerprint density at radius 2 is 1.74 bits per heavy atom. The number of carboxylic acids is 1. The summed E-state index contributed by atoms with van der Waals surface area (Å²) < 4.78 is 38.5. The number of methoxy groups -OCH3 is 2. The predicted molar refractivity (Wildman–Crippen MR) is 90.9 cm³/mol. The van der Waals surface area contributed by atoms with Gasteiger partial charge >= 0.3 is 17.9 Å². The van der Waals surface area contributed by atoms with Crippen LogP contribution in [0.25, 0.3) is 0 Å². The zero-order valence-corrected chi connectivity index (χ0v) is 15.5. The third-order valence-electron chi connectivity index (χ3n) is 3.71. The summed E-state index contributed by atoms with van der Waals surface area (Å²) in [4.78, 5) is 36.5. The van der Waals surface area contributed by atoms with Crippen molar-refractivity contribution < 1.29 is 42.1 Å². The quantitative estimate of drug-likeness (QED) is 0.683. The van der Waals surface area contributed by atoms with E-state index in [0.717, 1.165) is 37.5 Å². The first kappa shape index (κ1) is 20.4. The number of benzene rings is 1. The van der Waals surface area contributed by atoms with E-state index in [4.69, 9.17) is 9.47 Å². The van der Waals surface area contributed by atoms with Gasteiger partial charge in [-0.15, -0.1) is 0 Å². The van der Waals surface area contributed by atoms with Gasteiger partial charge in [0.2, 0.25) is 0 Å². The third kappa shape index (κ3) is 4.26. The molecule has 1 aromatic carbocycles. The van der Waals surface area contributed by atoms with Gasteiger partial charge in [-0.1, -0.05) is 0 Å². The molecule has 0 radical (unpaired) electrons. The van der Waals surface area contributed by atoms with Crippen LogP contribution in [0.5, 0.6) is 0 Å². The number of sulfone groups is 1. The molecule has 2 rings (SSSR count). The lowest BCUT2D eigenvalue weighted by Gasteiger charge is -2.31. The number of aromatic carboxylic acids is 1. The van der Waals surface area contributed by atoms with E-state index in [1.807, 2.05) is 0 Å². The van der Waals surface area contributed by atoms with Crippen LogP contribution in [0.15, 0.2) is 34.4 Å². The van der Waals surface area contributed by atoms with Crippen LogP contribution in [0.2, 0.25) is 0 Å². The molecule has 0 fully saturated rings. The van der Waals surface area contributed by atoms with E-state index in [2.05, 4.69) is 4.74 Å². The minimum Gasteiger partial charge on any atom is -0.478 e. The second-order valence-corrected chi connectivity index (χ2v) is 7.52. The van der Waals surface area contributed by atoms with Gasteiger partial charge in [-0.3, -0.25) is 0 Å². The Kier molecular flexibility index (Phi) is 5.86. The maximum absolute atomic E-state index is 12.3. The fraction of sp³-hybridized carbons (Fsp3) is 0.312. The van der Waals surface area contributed by atoms with Crippen LogP contribution in [0.3, 0.4) is 0 Å². The Morgan fingerprint density at radius 1 is 1.11 bits per heavy atom. The Hall–Kier alpha value is -2.92. The molecule has 10 nitrogen and oxygen atoms in total. The van der Waals surface area contributed by atoms with E-state index in [-0.39, 0.29) is 40.8 Å². The third-order valence-corrected chi connectivity index (χ3v) is 4.80. The summed E-state index contributed by atoms with van der Waals surface area (Å²) in [6.07, 6.45) is 0.918. The number of carbonyl (C=O) groups is 3. The summed E-state index contributed by atoms with van der Waals surface area (Å²) in [7, 11) is -1.53. The average molecular weight is 399 g/mol. The maximum atomic E-state index is 12.3. The van der Waals surface area contributed by atoms with Gasteiger partial charge in [0.25, 0.3) is 0 Å². The van der Waals surface area contributed by atoms with E-state index >= 15 is 0 Å². The lowest BCUT2D eigenvalue weighted by Crippen LogP contribution is -2.39. The van der Waals surface area contributed by atoms with Crippen LogP contribution in [0.4, 0.5) is 5.69 Å². The number of esters is 2. The molecule has 0 aliphatic carbocycles. The van der Waals surface area contributed by atoms with Gasteiger partial charge in [-0.2, -0.15) is 0 Å². The first-order valence-corrected chi connectivity index (χ1v) is 9.32. The minimum atomic E-state index is -3.75. The summed E-state index contributed by atoms with van der Waals surface area (Å²) in [5.41, 5.74) is -0.658. The number of nitrogens with zero attached hydrogens (tertiary/aromatic N) is 1. The molecule has 0 saturated carbocycles. The highest BCUT2D eigenvalue weighted by molar-refractivity contribution is 7.90.